The molecule has 238 valence electrons. The third-order valence-corrected chi connectivity index (χ3v) is 9.77. The van der Waals surface area contributed by atoms with Gasteiger partial charge in [0.1, 0.15) is 0 Å². The van der Waals surface area contributed by atoms with E-state index in [9.17, 15) is 0 Å². The molecule has 4 nitrogen and oxygen atoms in total. The Morgan fingerprint density at radius 2 is 0.843 bits per heavy atom. The SMILES string of the molecule is c1ccc(-c2nc(-c3cccc(-c4cccc(-n5c6ccccc6c6cc7ccccc7cc65)c4)c3)nc(-c3ccc4ccccc4c3)n2)cc1. The van der Waals surface area contributed by atoms with E-state index in [1.807, 2.05) is 30.3 Å². The molecule has 0 amide bonds. The quantitative estimate of drug-likeness (QED) is 0.186. The van der Waals surface area contributed by atoms with Crippen LogP contribution in [0.2, 0.25) is 0 Å². The van der Waals surface area contributed by atoms with Gasteiger partial charge in [-0.1, -0.05) is 140 Å². The lowest BCUT2D eigenvalue weighted by molar-refractivity contribution is 1.07. The largest absolute Gasteiger partial charge is 0.309 e. The molecule has 0 radical (unpaired) electrons. The standard InChI is InChI=1S/C47H30N4/c1-2-13-32(14-3-1)45-48-46(50-47(49-45)39-25-24-31-12-4-5-15-33(31)26-39)38-20-10-18-34(27-38)35-19-11-21-40(28-35)51-43-23-9-8-22-41(43)42-29-36-16-6-7-17-37(36)30-44(42)51/h1-30H. The van der Waals surface area contributed by atoms with Crippen LogP contribution in [0, 0.1) is 0 Å². The normalized spacial score (nSPS) is 11.5. The minimum absolute atomic E-state index is 0.638. The van der Waals surface area contributed by atoms with Crippen molar-refractivity contribution >= 4 is 43.4 Å². The van der Waals surface area contributed by atoms with Gasteiger partial charge >= 0.3 is 0 Å². The van der Waals surface area contributed by atoms with Gasteiger partial charge in [-0.25, -0.2) is 15.0 Å². The van der Waals surface area contributed by atoms with Gasteiger partial charge < -0.3 is 4.57 Å². The average Bonchev–Trinajstić information content (AvgIpc) is 3.53. The zero-order valence-corrected chi connectivity index (χ0v) is 27.6. The van der Waals surface area contributed by atoms with Gasteiger partial charge in [-0.2, -0.15) is 0 Å². The van der Waals surface area contributed by atoms with Gasteiger partial charge in [0.05, 0.1) is 11.0 Å². The Morgan fingerprint density at radius 3 is 1.63 bits per heavy atom. The molecule has 0 unspecified atom stereocenters. The number of hydrogen-bond donors (Lipinski definition) is 0. The molecule has 0 saturated carbocycles. The molecule has 2 aromatic heterocycles. The van der Waals surface area contributed by atoms with Crippen LogP contribution in [-0.2, 0) is 0 Å². The first-order valence-electron chi connectivity index (χ1n) is 17.2. The molecule has 51 heavy (non-hydrogen) atoms. The maximum atomic E-state index is 5.07. The summed E-state index contributed by atoms with van der Waals surface area (Å²) in [4.78, 5) is 15.1. The van der Waals surface area contributed by atoms with Gasteiger partial charge in [0.25, 0.3) is 0 Å². The highest BCUT2D eigenvalue weighted by Crippen LogP contribution is 2.36. The summed E-state index contributed by atoms with van der Waals surface area (Å²) in [5.41, 5.74) is 8.55. The summed E-state index contributed by atoms with van der Waals surface area (Å²) in [6.45, 7) is 0. The molecule has 0 fully saturated rings. The summed E-state index contributed by atoms with van der Waals surface area (Å²) in [6.07, 6.45) is 0. The summed E-state index contributed by atoms with van der Waals surface area (Å²) >= 11 is 0. The van der Waals surface area contributed by atoms with Crippen LogP contribution in [0.5, 0.6) is 0 Å². The molecule has 0 aliphatic rings. The summed E-state index contributed by atoms with van der Waals surface area (Å²) in [7, 11) is 0. The second kappa shape index (κ2) is 11.9. The summed E-state index contributed by atoms with van der Waals surface area (Å²) in [6, 6.07) is 64.1. The molecule has 0 saturated heterocycles. The van der Waals surface area contributed by atoms with E-state index in [0.29, 0.717) is 17.5 Å². The summed E-state index contributed by atoms with van der Waals surface area (Å²) in [5, 5.41) is 7.31. The van der Waals surface area contributed by atoms with Crippen LogP contribution >= 0.6 is 0 Å². The van der Waals surface area contributed by atoms with Gasteiger partial charge in [0.15, 0.2) is 17.5 Å². The van der Waals surface area contributed by atoms with Crippen LogP contribution in [-0.4, -0.2) is 19.5 Å². The van der Waals surface area contributed by atoms with Crippen molar-refractivity contribution in [2.24, 2.45) is 0 Å². The fourth-order valence-corrected chi connectivity index (χ4v) is 7.27. The Balaban J connectivity index is 1.10. The van der Waals surface area contributed by atoms with Crippen LogP contribution in [0.4, 0.5) is 0 Å². The first kappa shape index (κ1) is 29.0. The highest BCUT2D eigenvalue weighted by atomic mass is 15.0. The first-order valence-corrected chi connectivity index (χ1v) is 17.2. The fourth-order valence-electron chi connectivity index (χ4n) is 7.27. The lowest BCUT2D eigenvalue weighted by Crippen LogP contribution is -2.00. The van der Waals surface area contributed by atoms with E-state index in [2.05, 4.69) is 156 Å². The van der Waals surface area contributed by atoms with Crippen LogP contribution in [0.1, 0.15) is 0 Å². The third kappa shape index (κ3) is 5.13. The Bertz CT molecular complexity index is 2920. The second-order valence-electron chi connectivity index (χ2n) is 12.9. The second-order valence-corrected chi connectivity index (χ2v) is 12.9. The van der Waals surface area contributed by atoms with Crippen molar-refractivity contribution in [1.82, 2.24) is 19.5 Å². The molecule has 0 aliphatic heterocycles. The number of fused-ring (bicyclic) bond motifs is 5. The number of nitrogens with zero attached hydrogens (tertiary/aromatic N) is 4. The molecular weight excluding hydrogens is 621 g/mol. The van der Waals surface area contributed by atoms with Gasteiger partial charge in [0.2, 0.25) is 0 Å². The smallest absolute Gasteiger partial charge is 0.164 e. The van der Waals surface area contributed by atoms with Crippen molar-refractivity contribution in [3.8, 4) is 51.0 Å². The van der Waals surface area contributed by atoms with Crippen molar-refractivity contribution in [3.05, 3.63) is 182 Å². The van der Waals surface area contributed by atoms with Crippen molar-refractivity contribution in [1.29, 1.82) is 0 Å². The predicted molar refractivity (Wildman–Crippen MR) is 211 cm³/mol. The molecule has 4 heteroatoms. The monoisotopic (exact) mass is 650 g/mol. The van der Waals surface area contributed by atoms with Crippen LogP contribution in [0.3, 0.4) is 0 Å². The van der Waals surface area contributed by atoms with Gasteiger partial charge in [-0.3, -0.25) is 0 Å². The highest BCUT2D eigenvalue weighted by molar-refractivity contribution is 6.13. The van der Waals surface area contributed by atoms with Gasteiger partial charge in [-0.05, 0) is 75.1 Å². The number of benzene rings is 8. The van der Waals surface area contributed by atoms with Crippen molar-refractivity contribution in [2.75, 3.05) is 0 Å². The predicted octanol–water partition coefficient (Wildman–Crippen LogP) is 11.9. The number of hydrogen-bond acceptors (Lipinski definition) is 3. The molecular formula is C47H30N4. The Labute approximate surface area is 295 Å². The van der Waals surface area contributed by atoms with Crippen LogP contribution in [0.15, 0.2) is 182 Å². The van der Waals surface area contributed by atoms with Gasteiger partial charge in [0, 0.05) is 33.2 Å². The molecule has 8 aromatic carbocycles. The average molecular weight is 651 g/mol. The van der Waals surface area contributed by atoms with E-state index in [1.54, 1.807) is 0 Å². The van der Waals surface area contributed by atoms with Crippen LogP contribution in [0.25, 0.3) is 94.3 Å². The molecule has 0 bridgehead atoms. The minimum atomic E-state index is 0.638. The van der Waals surface area contributed by atoms with E-state index in [4.69, 9.17) is 15.0 Å². The number of aromatic nitrogens is 4. The topological polar surface area (TPSA) is 43.6 Å². The fraction of sp³-hybridized carbons (Fsp3) is 0. The zero-order valence-electron chi connectivity index (χ0n) is 27.6. The van der Waals surface area contributed by atoms with E-state index in [0.717, 1.165) is 38.9 Å². The first-order chi connectivity index (χ1) is 25.2. The Hall–Kier alpha value is -6.91. The number of rotatable bonds is 5. The maximum absolute atomic E-state index is 5.07. The third-order valence-electron chi connectivity index (χ3n) is 9.77. The van der Waals surface area contributed by atoms with Crippen molar-refractivity contribution < 1.29 is 0 Å². The molecule has 10 rings (SSSR count). The molecule has 0 N–H and O–H groups in total. The summed E-state index contributed by atoms with van der Waals surface area (Å²) < 4.78 is 2.39. The molecule has 0 spiro atoms. The van der Waals surface area contributed by atoms with E-state index >= 15 is 0 Å². The van der Waals surface area contributed by atoms with Crippen molar-refractivity contribution in [3.63, 3.8) is 0 Å². The van der Waals surface area contributed by atoms with Gasteiger partial charge in [-0.15, -0.1) is 0 Å². The van der Waals surface area contributed by atoms with E-state index in [-0.39, 0.29) is 0 Å². The Kier molecular flexibility index (Phi) is 6.78. The molecule has 0 aliphatic carbocycles. The zero-order chi connectivity index (χ0) is 33.7. The van der Waals surface area contributed by atoms with Crippen LogP contribution < -0.4 is 0 Å². The van der Waals surface area contributed by atoms with E-state index in [1.165, 1.54) is 38.0 Å². The molecule has 2 heterocycles. The Morgan fingerprint density at radius 1 is 0.294 bits per heavy atom. The minimum Gasteiger partial charge on any atom is -0.309 e. The lowest BCUT2D eigenvalue weighted by Gasteiger charge is -2.12. The molecule has 10 aromatic rings. The maximum Gasteiger partial charge on any atom is 0.164 e. The van der Waals surface area contributed by atoms with Crippen molar-refractivity contribution in [2.45, 2.75) is 0 Å². The lowest BCUT2D eigenvalue weighted by atomic mass is 10.0. The molecule has 0 atom stereocenters. The number of para-hydroxylation sites is 1. The summed E-state index contributed by atoms with van der Waals surface area (Å²) in [5.74, 6) is 1.94. The highest BCUT2D eigenvalue weighted by Gasteiger charge is 2.16. The van der Waals surface area contributed by atoms with E-state index < -0.39 is 0 Å².